The summed E-state index contributed by atoms with van der Waals surface area (Å²) in [4.78, 5) is 0. The lowest BCUT2D eigenvalue weighted by atomic mass is 10.3. The molecule has 0 aliphatic heterocycles. The number of hydrogen-bond acceptors (Lipinski definition) is 2. The maximum Gasteiger partial charge on any atom is 0.00103 e. The van der Waals surface area contributed by atoms with Gasteiger partial charge in [-0.05, 0) is 19.5 Å². The lowest BCUT2D eigenvalue weighted by Gasteiger charge is -2.04. The van der Waals surface area contributed by atoms with Gasteiger partial charge in [0, 0.05) is 6.04 Å². The van der Waals surface area contributed by atoms with Crippen LogP contribution in [0.2, 0.25) is 0 Å². The van der Waals surface area contributed by atoms with Crippen molar-refractivity contribution in [3.8, 4) is 0 Å². The van der Waals surface area contributed by atoms with Crippen LogP contribution >= 0.6 is 0 Å². The molecule has 2 heteroatoms. The van der Waals surface area contributed by atoms with Crippen LogP contribution in [0.4, 0.5) is 0 Å². The summed E-state index contributed by atoms with van der Waals surface area (Å²) < 4.78 is 0. The predicted octanol–water partition coefficient (Wildman–Crippen LogP) is 2.39. The summed E-state index contributed by atoms with van der Waals surface area (Å²) in [6.07, 6.45) is 1.08. The van der Waals surface area contributed by atoms with Crippen LogP contribution in [-0.2, 0) is 0 Å². The molecule has 0 heterocycles. The largest absolute Gasteiger partial charge is 0.330 e. The Bertz CT molecular complexity index is 45.1. The molecular formula is C10H28N2. The molecule has 0 saturated carbocycles. The molecule has 0 aliphatic carbocycles. The van der Waals surface area contributed by atoms with Gasteiger partial charge in [0.1, 0.15) is 0 Å². The molecule has 0 aliphatic rings. The van der Waals surface area contributed by atoms with Gasteiger partial charge in [-0.15, -0.1) is 0 Å². The van der Waals surface area contributed by atoms with Crippen LogP contribution in [0.1, 0.15) is 48.0 Å². The summed E-state index contributed by atoms with van der Waals surface area (Å²) in [5, 5.41) is 3.27. The second-order valence-electron chi connectivity index (χ2n) is 2.25. The Morgan fingerprint density at radius 1 is 1.08 bits per heavy atom. The molecule has 0 radical (unpaired) electrons. The molecule has 0 aromatic heterocycles. The van der Waals surface area contributed by atoms with E-state index in [-0.39, 0.29) is 0 Å². The smallest absolute Gasteiger partial charge is 0.00103 e. The van der Waals surface area contributed by atoms with Gasteiger partial charge in [-0.25, -0.2) is 0 Å². The minimum atomic E-state index is 0.599. The summed E-state index contributed by atoms with van der Waals surface area (Å²) in [7, 11) is 0. The van der Waals surface area contributed by atoms with Crippen LogP contribution in [-0.4, -0.2) is 19.1 Å². The van der Waals surface area contributed by atoms with Gasteiger partial charge in [0.2, 0.25) is 0 Å². The van der Waals surface area contributed by atoms with Crippen LogP contribution in [0.25, 0.3) is 0 Å². The fraction of sp³-hybridized carbons (Fsp3) is 1.00. The van der Waals surface area contributed by atoms with Gasteiger partial charge in [0.25, 0.3) is 0 Å². The third-order valence-corrected chi connectivity index (χ3v) is 0.933. The molecule has 0 aromatic carbocycles. The normalized spacial score (nSPS) is 8.00. The minimum absolute atomic E-state index is 0.599. The Morgan fingerprint density at radius 2 is 1.50 bits per heavy atom. The van der Waals surface area contributed by atoms with E-state index in [1.807, 2.05) is 27.7 Å². The maximum absolute atomic E-state index is 5.27. The molecule has 0 unspecified atom stereocenters. The third kappa shape index (κ3) is 32.6. The predicted molar refractivity (Wildman–Crippen MR) is 59.5 cm³/mol. The molecule has 0 amide bonds. The lowest BCUT2D eigenvalue weighted by Crippen LogP contribution is -2.25. The van der Waals surface area contributed by atoms with E-state index in [1.54, 1.807) is 0 Å². The Labute approximate surface area is 78.9 Å². The number of nitrogens with two attached hydrogens (primary N) is 1. The summed E-state index contributed by atoms with van der Waals surface area (Å²) in [5.41, 5.74) is 5.27. The molecule has 0 saturated heterocycles. The first-order valence-electron chi connectivity index (χ1n) is 5.21. The van der Waals surface area contributed by atoms with E-state index in [2.05, 4.69) is 19.2 Å². The Balaban J connectivity index is -0.000000175. The van der Waals surface area contributed by atoms with Gasteiger partial charge >= 0.3 is 0 Å². The van der Waals surface area contributed by atoms with E-state index in [9.17, 15) is 0 Å². The number of rotatable bonds is 4. The van der Waals surface area contributed by atoms with Crippen molar-refractivity contribution in [1.82, 2.24) is 5.32 Å². The number of nitrogens with one attached hydrogen (secondary N) is 1. The lowest BCUT2D eigenvalue weighted by molar-refractivity contribution is 0.574. The van der Waals surface area contributed by atoms with Crippen molar-refractivity contribution >= 4 is 0 Å². The van der Waals surface area contributed by atoms with Crippen LogP contribution in [0.5, 0.6) is 0 Å². The summed E-state index contributed by atoms with van der Waals surface area (Å²) in [5.74, 6) is 0. The molecule has 0 atom stereocenters. The van der Waals surface area contributed by atoms with Gasteiger partial charge in [-0.2, -0.15) is 0 Å². The average Bonchev–Trinajstić information content (AvgIpc) is 2.12. The van der Waals surface area contributed by atoms with Crippen molar-refractivity contribution in [3.05, 3.63) is 0 Å². The summed E-state index contributed by atoms with van der Waals surface area (Å²) in [6, 6.07) is 0.599. The summed E-state index contributed by atoms with van der Waals surface area (Å²) in [6.45, 7) is 14.1. The quantitative estimate of drug-likeness (QED) is 0.645. The zero-order valence-corrected chi connectivity index (χ0v) is 9.78. The molecule has 0 aromatic rings. The van der Waals surface area contributed by atoms with E-state index >= 15 is 0 Å². The molecule has 0 rings (SSSR count). The Morgan fingerprint density at radius 3 is 1.75 bits per heavy atom. The van der Waals surface area contributed by atoms with E-state index in [1.165, 1.54) is 0 Å². The van der Waals surface area contributed by atoms with Crippen molar-refractivity contribution in [3.63, 3.8) is 0 Å². The highest BCUT2D eigenvalue weighted by Gasteiger charge is 1.87. The second-order valence-corrected chi connectivity index (χ2v) is 2.25. The van der Waals surface area contributed by atoms with Crippen LogP contribution in [0.15, 0.2) is 0 Å². The Hall–Kier alpha value is -0.0800. The first kappa shape index (κ1) is 17.9. The molecule has 0 fully saturated rings. The molecule has 0 spiro atoms. The molecule has 12 heavy (non-hydrogen) atoms. The second kappa shape index (κ2) is 22.4. The standard InChI is InChI=1S/C6H16N2.2C2H6/c1-6(2)8-5-3-4-7;2*1-2/h6,8H,3-5,7H2,1-2H3;2*1-2H3. The molecule has 78 valence electrons. The minimum Gasteiger partial charge on any atom is -0.330 e. The topological polar surface area (TPSA) is 38.0 Å². The first-order valence-corrected chi connectivity index (χ1v) is 5.21. The van der Waals surface area contributed by atoms with E-state index < -0.39 is 0 Å². The van der Waals surface area contributed by atoms with Crippen molar-refractivity contribution in [2.24, 2.45) is 5.73 Å². The van der Waals surface area contributed by atoms with Crippen LogP contribution in [0, 0.1) is 0 Å². The highest BCUT2D eigenvalue weighted by atomic mass is 14.9. The summed E-state index contributed by atoms with van der Waals surface area (Å²) >= 11 is 0. The van der Waals surface area contributed by atoms with Crippen molar-refractivity contribution in [1.29, 1.82) is 0 Å². The van der Waals surface area contributed by atoms with Gasteiger partial charge in [0.05, 0.1) is 0 Å². The van der Waals surface area contributed by atoms with E-state index in [0.29, 0.717) is 6.04 Å². The number of hydrogen-bond donors (Lipinski definition) is 2. The zero-order chi connectivity index (χ0) is 10.4. The van der Waals surface area contributed by atoms with Crippen LogP contribution < -0.4 is 11.1 Å². The van der Waals surface area contributed by atoms with Gasteiger partial charge in [-0.1, -0.05) is 41.5 Å². The third-order valence-electron chi connectivity index (χ3n) is 0.933. The van der Waals surface area contributed by atoms with Crippen molar-refractivity contribution < 1.29 is 0 Å². The monoisotopic (exact) mass is 176 g/mol. The fourth-order valence-electron chi connectivity index (χ4n) is 0.493. The zero-order valence-electron chi connectivity index (χ0n) is 9.78. The van der Waals surface area contributed by atoms with Crippen molar-refractivity contribution in [2.75, 3.05) is 13.1 Å². The molecule has 3 N–H and O–H groups in total. The van der Waals surface area contributed by atoms with Gasteiger partial charge < -0.3 is 11.1 Å². The van der Waals surface area contributed by atoms with E-state index in [4.69, 9.17) is 5.73 Å². The highest BCUT2D eigenvalue weighted by Crippen LogP contribution is 1.76. The Kier molecular flexibility index (Phi) is 33.4. The SMILES string of the molecule is CC.CC.CC(C)NCCCN. The van der Waals surface area contributed by atoms with Gasteiger partial charge in [0.15, 0.2) is 0 Å². The maximum atomic E-state index is 5.27. The molecule has 0 bridgehead atoms. The van der Waals surface area contributed by atoms with Gasteiger partial charge in [-0.3, -0.25) is 0 Å². The van der Waals surface area contributed by atoms with E-state index in [0.717, 1.165) is 19.5 Å². The average molecular weight is 176 g/mol. The molecular weight excluding hydrogens is 148 g/mol. The van der Waals surface area contributed by atoms with Crippen molar-refractivity contribution in [2.45, 2.75) is 54.0 Å². The molecule has 2 nitrogen and oxygen atoms in total. The van der Waals surface area contributed by atoms with Crippen LogP contribution in [0.3, 0.4) is 0 Å². The fourth-order valence-corrected chi connectivity index (χ4v) is 0.493. The highest BCUT2D eigenvalue weighted by molar-refractivity contribution is 4.51. The first-order chi connectivity index (χ1) is 5.77.